The molecule has 73 heavy (non-hydrogen) atoms. The normalized spacial score (nSPS) is 26.9. The number of halogens is 1. The quantitative estimate of drug-likeness (QED) is 0.0847. The van der Waals surface area contributed by atoms with E-state index in [2.05, 4.69) is 122 Å². The van der Waals surface area contributed by atoms with Crippen molar-refractivity contribution in [1.82, 2.24) is 13.7 Å². The van der Waals surface area contributed by atoms with E-state index in [1.807, 2.05) is 44.2 Å². The molecule has 0 aromatic carbocycles. The number of nitrogens with zero attached hydrogens (tertiary/aromatic N) is 3. The largest absolute Gasteiger partial charge is 0.481 e. The highest BCUT2D eigenvalue weighted by molar-refractivity contribution is 5.85. The number of carboxylic acid groups (broad SMARTS) is 2. The SMILES string of the molecule is COC(=O)[C@@]1(C(C)C)C=C[C@@H](n2c(C)ccc2C)C1.COC(=O)[C@H]1C=C[C@@H](N)C1.COC(=O)[C@H]1C=C[C@@H](n2c(C)ccc2C)C1.Cc1ccc(C)n1[C@@H]1C=C[C@@](C(=O)O)(C(C)C)C1.Cl.N[C@@H]1C=C[C@H](C(=O)O)C1. The summed E-state index contributed by atoms with van der Waals surface area (Å²) in [4.78, 5) is 56.3. The predicted octanol–water partition coefficient (Wildman–Crippen LogP) is 9.61. The molecule has 15 nitrogen and oxygen atoms in total. The molecule has 0 fully saturated rings. The Bertz CT molecular complexity index is 2470. The minimum absolute atomic E-state index is 0. The number of hydrogen-bond acceptors (Lipinski definition) is 10. The molecule has 0 saturated carbocycles. The molecular weight excluding hydrogens is 950 g/mol. The fraction of sp³-hybridized carbons (Fsp3) is 0.526. The molecule has 8 rings (SSSR count). The molecule has 6 N–H and O–H groups in total. The molecule has 5 aliphatic carbocycles. The van der Waals surface area contributed by atoms with Gasteiger partial charge in [-0.25, -0.2) is 0 Å². The van der Waals surface area contributed by atoms with Crippen LogP contribution in [0.15, 0.2) is 97.2 Å². The van der Waals surface area contributed by atoms with Crippen molar-refractivity contribution in [2.24, 2.45) is 51.9 Å². The molecule has 0 radical (unpaired) electrons. The Labute approximate surface area is 438 Å². The lowest BCUT2D eigenvalue weighted by atomic mass is 9.76. The molecule has 16 heteroatoms. The van der Waals surface area contributed by atoms with Gasteiger partial charge in [0.15, 0.2) is 0 Å². The summed E-state index contributed by atoms with van der Waals surface area (Å²) in [7, 11) is 4.30. The highest BCUT2D eigenvalue weighted by Crippen LogP contribution is 2.46. The average molecular weight is 1030 g/mol. The molecule has 0 amide bonds. The minimum Gasteiger partial charge on any atom is -0.481 e. The van der Waals surface area contributed by atoms with E-state index in [1.165, 1.54) is 55.5 Å². The van der Waals surface area contributed by atoms with Crippen LogP contribution in [-0.4, -0.2) is 87.2 Å². The van der Waals surface area contributed by atoms with Crippen molar-refractivity contribution >= 4 is 42.3 Å². The number of hydrogen-bond donors (Lipinski definition) is 4. The van der Waals surface area contributed by atoms with Gasteiger partial charge in [0, 0.05) is 46.2 Å². The third-order valence-electron chi connectivity index (χ3n) is 14.9. The summed E-state index contributed by atoms with van der Waals surface area (Å²) >= 11 is 0. The van der Waals surface area contributed by atoms with Crippen LogP contribution in [0.4, 0.5) is 0 Å². The Hall–Kier alpha value is -5.90. The lowest BCUT2D eigenvalue weighted by molar-refractivity contribution is -0.152. The molecule has 3 heterocycles. The first-order valence-corrected chi connectivity index (χ1v) is 25.0. The molecule has 0 spiro atoms. The molecule has 3 aromatic rings. The van der Waals surface area contributed by atoms with Crippen molar-refractivity contribution in [3.05, 3.63) is 131 Å². The molecule has 3 aromatic heterocycles. The van der Waals surface area contributed by atoms with Crippen molar-refractivity contribution in [2.75, 3.05) is 21.3 Å². The highest BCUT2D eigenvalue weighted by atomic mass is 35.5. The van der Waals surface area contributed by atoms with E-state index in [1.54, 1.807) is 18.2 Å². The minimum atomic E-state index is -0.779. The van der Waals surface area contributed by atoms with E-state index in [4.69, 9.17) is 26.0 Å². The lowest BCUT2D eigenvalue weighted by Gasteiger charge is -2.30. The number of aromatic nitrogens is 3. The Morgan fingerprint density at radius 2 is 0.849 bits per heavy atom. The van der Waals surface area contributed by atoms with Crippen molar-refractivity contribution in [3.63, 3.8) is 0 Å². The van der Waals surface area contributed by atoms with Crippen LogP contribution < -0.4 is 11.5 Å². The van der Waals surface area contributed by atoms with Crippen LogP contribution in [0.5, 0.6) is 0 Å². The molecule has 402 valence electrons. The second-order valence-corrected chi connectivity index (χ2v) is 20.4. The number of carbonyl (C=O) groups is 5. The molecule has 0 bridgehead atoms. The summed E-state index contributed by atoms with van der Waals surface area (Å²) in [6.07, 6.45) is 22.7. The number of ether oxygens (including phenoxy) is 3. The van der Waals surface area contributed by atoms with E-state index >= 15 is 0 Å². The number of rotatable bonds is 10. The van der Waals surface area contributed by atoms with E-state index in [0.29, 0.717) is 25.3 Å². The van der Waals surface area contributed by atoms with Gasteiger partial charge in [0.25, 0.3) is 0 Å². The standard InChI is InChI=1S/C16H23NO2.C15H21NO2.C13H17NO2.C7H11NO2.C6H9NO2.ClH/c1-11(2)16(15(18)19-5)9-8-14(10-16)17-12(3)6-7-13(17)4;1-10(2)15(14(17)18)8-7-13(9-15)16-11(3)5-6-12(16)4;1-9-4-5-10(2)14(9)12-7-6-11(8-12)13(15)16-3;1-10-7(9)5-2-3-6(8)4-5;7-5-2-1-4(3-5)6(8)9;/h6-9,11,14H,10H2,1-5H3;5-8,10,13H,9H2,1-4H3,(H,17,18);4-7,11-12H,8H2,1-3H3;2-3,5-6H,4,8H2,1H3;1-2,4-5H,3,7H2,(H,8,9);1H/t14-,16+;13-,15+;11-,12+;5-,6+;4-,5+;/m11000./s1. The zero-order chi connectivity index (χ0) is 53.8. The fourth-order valence-corrected chi connectivity index (χ4v) is 10.5. The summed E-state index contributed by atoms with van der Waals surface area (Å²) in [6, 6.07) is 13.3. The third-order valence-corrected chi connectivity index (χ3v) is 14.9. The molecule has 5 aliphatic rings. The van der Waals surface area contributed by atoms with Crippen LogP contribution in [0.25, 0.3) is 0 Å². The van der Waals surface area contributed by atoms with Crippen LogP contribution in [0.1, 0.15) is 112 Å². The van der Waals surface area contributed by atoms with Crippen LogP contribution in [0, 0.1) is 82.0 Å². The zero-order valence-corrected chi connectivity index (χ0v) is 45.9. The van der Waals surface area contributed by atoms with Gasteiger partial charge in [-0.2, -0.15) is 0 Å². The van der Waals surface area contributed by atoms with Gasteiger partial charge in [0.1, 0.15) is 0 Å². The average Bonchev–Trinajstić information content (AvgIpc) is 4.21. The first kappa shape index (κ1) is 61.4. The van der Waals surface area contributed by atoms with Crippen molar-refractivity contribution < 1.29 is 48.4 Å². The fourth-order valence-electron chi connectivity index (χ4n) is 10.5. The number of esters is 3. The van der Waals surface area contributed by atoms with Gasteiger partial charge >= 0.3 is 29.8 Å². The molecule has 0 unspecified atom stereocenters. The second-order valence-electron chi connectivity index (χ2n) is 20.4. The number of carboxylic acids is 2. The van der Waals surface area contributed by atoms with Gasteiger partial charge in [-0.3, -0.25) is 24.0 Å². The number of aryl methyl sites for hydroxylation is 6. The summed E-state index contributed by atoms with van der Waals surface area (Å²) in [5.41, 5.74) is 17.0. The number of nitrogens with two attached hydrogens (primary N) is 2. The van der Waals surface area contributed by atoms with Crippen molar-refractivity contribution in [3.8, 4) is 0 Å². The number of aliphatic carboxylic acids is 2. The second kappa shape index (κ2) is 26.9. The van der Waals surface area contributed by atoms with Crippen LogP contribution in [-0.2, 0) is 38.2 Å². The van der Waals surface area contributed by atoms with E-state index in [9.17, 15) is 29.1 Å². The number of allylic oxidation sites excluding steroid dienone is 3. The van der Waals surface area contributed by atoms with Gasteiger partial charge in [-0.15, -0.1) is 12.4 Å². The Kier molecular flexibility index (Phi) is 22.6. The van der Waals surface area contributed by atoms with Crippen LogP contribution in [0.2, 0.25) is 0 Å². The zero-order valence-electron chi connectivity index (χ0n) is 45.1. The predicted molar refractivity (Wildman–Crippen MR) is 287 cm³/mol. The summed E-state index contributed by atoms with van der Waals surface area (Å²) in [6.45, 7) is 20.7. The van der Waals surface area contributed by atoms with Gasteiger partial charge in [-0.05, 0) is 122 Å². The maximum Gasteiger partial charge on any atom is 0.316 e. The summed E-state index contributed by atoms with van der Waals surface area (Å²) < 4.78 is 21.1. The summed E-state index contributed by atoms with van der Waals surface area (Å²) in [5.74, 6) is -2.15. The molecular formula is C57H82ClN5O10. The van der Waals surface area contributed by atoms with E-state index in [-0.39, 0.29) is 84.1 Å². The lowest BCUT2D eigenvalue weighted by Crippen LogP contribution is -2.35. The smallest absolute Gasteiger partial charge is 0.316 e. The summed E-state index contributed by atoms with van der Waals surface area (Å²) in [5, 5.41) is 18.0. The first-order valence-electron chi connectivity index (χ1n) is 25.0. The van der Waals surface area contributed by atoms with Crippen LogP contribution >= 0.6 is 12.4 Å². The van der Waals surface area contributed by atoms with Gasteiger partial charge < -0.3 is 49.6 Å². The maximum absolute atomic E-state index is 12.2. The van der Waals surface area contributed by atoms with E-state index in [0.717, 1.165) is 12.8 Å². The Morgan fingerprint density at radius 3 is 1.15 bits per heavy atom. The maximum atomic E-state index is 12.2. The number of methoxy groups -OCH3 is 3. The topological polar surface area (TPSA) is 220 Å². The molecule has 0 aliphatic heterocycles. The molecule has 0 saturated heterocycles. The Morgan fingerprint density at radius 1 is 0.507 bits per heavy atom. The third kappa shape index (κ3) is 14.7. The van der Waals surface area contributed by atoms with Gasteiger partial charge in [0.2, 0.25) is 0 Å². The van der Waals surface area contributed by atoms with Gasteiger partial charge in [-0.1, -0.05) is 88.5 Å². The van der Waals surface area contributed by atoms with Crippen molar-refractivity contribution in [1.29, 1.82) is 0 Å². The van der Waals surface area contributed by atoms with E-state index < -0.39 is 22.8 Å². The monoisotopic (exact) mass is 1030 g/mol. The van der Waals surface area contributed by atoms with Crippen molar-refractivity contribution in [2.45, 2.75) is 132 Å². The highest BCUT2D eigenvalue weighted by Gasteiger charge is 2.46. The Balaban J connectivity index is 0.000000246. The number of carbonyl (C=O) groups excluding carboxylic acids is 3. The van der Waals surface area contributed by atoms with Crippen LogP contribution in [0.3, 0.4) is 0 Å². The van der Waals surface area contributed by atoms with Gasteiger partial charge in [0.05, 0.1) is 68.0 Å². The first-order chi connectivity index (χ1) is 33.9. The molecule has 10 atom stereocenters.